The van der Waals surface area contributed by atoms with Crippen LogP contribution in [0, 0.1) is 19.3 Å². The molecule has 0 fully saturated rings. The van der Waals surface area contributed by atoms with E-state index < -0.39 is 0 Å². The van der Waals surface area contributed by atoms with Crippen LogP contribution in [-0.4, -0.2) is 13.6 Å². The molecule has 0 radical (unpaired) electrons. The molecule has 0 aliphatic carbocycles. The average molecular weight is 233 g/mol. The van der Waals surface area contributed by atoms with E-state index in [4.69, 9.17) is 0 Å². The molecular formula is C16H27N. The molecule has 0 aliphatic rings. The first-order valence-electron chi connectivity index (χ1n) is 6.72. The van der Waals surface area contributed by atoms with Gasteiger partial charge in [0.05, 0.1) is 0 Å². The van der Waals surface area contributed by atoms with Crippen LogP contribution in [0.3, 0.4) is 0 Å². The van der Waals surface area contributed by atoms with Crippen molar-refractivity contribution in [3.05, 3.63) is 34.9 Å². The van der Waals surface area contributed by atoms with Crippen molar-refractivity contribution in [2.24, 2.45) is 5.41 Å². The summed E-state index contributed by atoms with van der Waals surface area (Å²) in [4.78, 5) is 0. The Hall–Kier alpha value is -0.820. The van der Waals surface area contributed by atoms with Crippen molar-refractivity contribution in [3.8, 4) is 0 Å². The van der Waals surface area contributed by atoms with E-state index in [0.29, 0.717) is 5.41 Å². The Labute approximate surface area is 107 Å². The van der Waals surface area contributed by atoms with Gasteiger partial charge >= 0.3 is 0 Å². The van der Waals surface area contributed by atoms with Crippen molar-refractivity contribution in [1.29, 1.82) is 0 Å². The fourth-order valence-corrected chi connectivity index (χ4v) is 2.82. The summed E-state index contributed by atoms with van der Waals surface area (Å²) in [6.07, 6.45) is 3.71. The molecule has 1 N–H and O–H groups in total. The maximum atomic E-state index is 3.35. The molecule has 1 unspecified atom stereocenters. The molecule has 0 heterocycles. The van der Waals surface area contributed by atoms with E-state index in [1.165, 1.54) is 30.4 Å². The van der Waals surface area contributed by atoms with Crippen LogP contribution in [0.2, 0.25) is 0 Å². The third-order valence-electron chi connectivity index (χ3n) is 3.71. The predicted molar refractivity (Wildman–Crippen MR) is 76.6 cm³/mol. The van der Waals surface area contributed by atoms with Crippen molar-refractivity contribution < 1.29 is 0 Å². The van der Waals surface area contributed by atoms with Gasteiger partial charge in [0.15, 0.2) is 0 Å². The normalized spacial score (nSPS) is 14.6. The lowest BCUT2D eigenvalue weighted by atomic mass is 9.77. The maximum Gasteiger partial charge on any atom is 0.000535 e. The molecule has 0 aliphatic heterocycles. The molecule has 0 spiro atoms. The fraction of sp³-hybridized carbons (Fsp3) is 0.625. The standard InChI is InChI=1S/C16H27N/c1-6-10-16(4,12-17-5)11-15-13(2)8-7-9-14(15)3/h7-9,17H,6,10-12H2,1-5H3. The van der Waals surface area contributed by atoms with E-state index >= 15 is 0 Å². The number of hydrogen-bond acceptors (Lipinski definition) is 1. The minimum Gasteiger partial charge on any atom is -0.319 e. The molecular weight excluding hydrogens is 206 g/mol. The highest BCUT2D eigenvalue weighted by molar-refractivity contribution is 5.34. The SMILES string of the molecule is CCCC(C)(CNC)Cc1c(C)cccc1C. The highest BCUT2D eigenvalue weighted by atomic mass is 14.8. The molecule has 17 heavy (non-hydrogen) atoms. The zero-order chi connectivity index (χ0) is 12.9. The van der Waals surface area contributed by atoms with E-state index in [9.17, 15) is 0 Å². The van der Waals surface area contributed by atoms with Crippen LogP contribution < -0.4 is 5.32 Å². The van der Waals surface area contributed by atoms with Crippen molar-refractivity contribution in [3.63, 3.8) is 0 Å². The van der Waals surface area contributed by atoms with Crippen LogP contribution in [-0.2, 0) is 6.42 Å². The smallest absolute Gasteiger partial charge is 0.000535 e. The average Bonchev–Trinajstić information content (AvgIpc) is 2.24. The van der Waals surface area contributed by atoms with E-state index in [1.54, 1.807) is 5.56 Å². The molecule has 1 atom stereocenters. The zero-order valence-corrected chi connectivity index (χ0v) is 12.1. The van der Waals surface area contributed by atoms with Gasteiger partial charge in [-0.2, -0.15) is 0 Å². The molecule has 0 aromatic heterocycles. The Balaban J connectivity index is 2.93. The van der Waals surface area contributed by atoms with Gasteiger partial charge in [-0.3, -0.25) is 0 Å². The lowest BCUT2D eigenvalue weighted by Crippen LogP contribution is -2.32. The van der Waals surface area contributed by atoms with Crippen molar-refractivity contribution >= 4 is 0 Å². The van der Waals surface area contributed by atoms with Gasteiger partial charge in [0.25, 0.3) is 0 Å². The topological polar surface area (TPSA) is 12.0 Å². The van der Waals surface area contributed by atoms with Gasteiger partial charge in [-0.25, -0.2) is 0 Å². The van der Waals surface area contributed by atoms with Crippen molar-refractivity contribution in [1.82, 2.24) is 5.32 Å². The van der Waals surface area contributed by atoms with Crippen LogP contribution in [0.1, 0.15) is 43.4 Å². The molecule has 1 nitrogen and oxygen atoms in total. The first-order valence-corrected chi connectivity index (χ1v) is 6.72. The van der Waals surface area contributed by atoms with Crippen molar-refractivity contribution in [2.75, 3.05) is 13.6 Å². The van der Waals surface area contributed by atoms with Crippen LogP contribution in [0.25, 0.3) is 0 Å². The van der Waals surface area contributed by atoms with Crippen LogP contribution in [0.4, 0.5) is 0 Å². The second kappa shape index (κ2) is 6.20. The quantitative estimate of drug-likeness (QED) is 0.786. The summed E-state index contributed by atoms with van der Waals surface area (Å²) in [5, 5.41) is 3.35. The van der Waals surface area contributed by atoms with Gasteiger partial charge in [-0.1, -0.05) is 38.5 Å². The van der Waals surface area contributed by atoms with Gasteiger partial charge in [0.1, 0.15) is 0 Å². The number of rotatable bonds is 6. The molecule has 0 saturated heterocycles. The summed E-state index contributed by atoms with van der Waals surface area (Å²) < 4.78 is 0. The molecule has 0 bridgehead atoms. The van der Waals surface area contributed by atoms with Gasteiger partial charge in [-0.05, 0) is 55.8 Å². The molecule has 0 saturated carbocycles. The highest BCUT2D eigenvalue weighted by Crippen LogP contribution is 2.30. The Kier molecular flexibility index (Phi) is 5.20. The Morgan fingerprint density at radius 3 is 2.24 bits per heavy atom. The monoisotopic (exact) mass is 233 g/mol. The number of nitrogens with one attached hydrogen (secondary N) is 1. The summed E-state index contributed by atoms with van der Waals surface area (Å²) in [5.74, 6) is 0. The zero-order valence-electron chi connectivity index (χ0n) is 12.1. The fourth-order valence-electron chi connectivity index (χ4n) is 2.82. The molecule has 1 rings (SSSR count). The van der Waals surface area contributed by atoms with Gasteiger partial charge in [-0.15, -0.1) is 0 Å². The van der Waals surface area contributed by atoms with Crippen LogP contribution in [0.5, 0.6) is 0 Å². The second-order valence-electron chi connectivity index (χ2n) is 5.64. The van der Waals surface area contributed by atoms with Gasteiger partial charge in [0, 0.05) is 6.54 Å². The Morgan fingerprint density at radius 2 is 1.76 bits per heavy atom. The van der Waals surface area contributed by atoms with E-state index in [0.717, 1.165) is 6.54 Å². The van der Waals surface area contributed by atoms with E-state index in [1.807, 2.05) is 0 Å². The minimum absolute atomic E-state index is 0.375. The van der Waals surface area contributed by atoms with Crippen molar-refractivity contribution in [2.45, 2.75) is 47.0 Å². The first-order chi connectivity index (χ1) is 8.02. The lowest BCUT2D eigenvalue weighted by molar-refractivity contribution is 0.282. The third kappa shape index (κ3) is 3.85. The largest absolute Gasteiger partial charge is 0.319 e. The third-order valence-corrected chi connectivity index (χ3v) is 3.71. The lowest BCUT2D eigenvalue weighted by Gasteiger charge is -2.30. The molecule has 1 aromatic rings. The number of aryl methyl sites for hydroxylation is 2. The summed E-state index contributed by atoms with van der Waals surface area (Å²) in [6, 6.07) is 6.62. The number of hydrogen-bond donors (Lipinski definition) is 1. The Morgan fingerprint density at radius 1 is 1.18 bits per heavy atom. The van der Waals surface area contributed by atoms with Gasteiger partial charge in [0.2, 0.25) is 0 Å². The van der Waals surface area contributed by atoms with Crippen LogP contribution in [0.15, 0.2) is 18.2 Å². The summed E-state index contributed by atoms with van der Waals surface area (Å²) >= 11 is 0. The molecule has 1 heteroatoms. The Bertz CT molecular complexity index is 328. The maximum absolute atomic E-state index is 3.35. The predicted octanol–water partition coefficient (Wildman–Crippen LogP) is 3.87. The first kappa shape index (κ1) is 14.2. The summed E-state index contributed by atoms with van der Waals surface area (Å²) in [6.45, 7) is 10.2. The number of benzene rings is 1. The van der Waals surface area contributed by atoms with E-state index in [2.05, 4.69) is 58.3 Å². The minimum atomic E-state index is 0.375. The second-order valence-corrected chi connectivity index (χ2v) is 5.64. The van der Waals surface area contributed by atoms with E-state index in [-0.39, 0.29) is 0 Å². The summed E-state index contributed by atoms with van der Waals surface area (Å²) in [5.41, 5.74) is 4.78. The summed E-state index contributed by atoms with van der Waals surface area (Å²) in [7, 11) is 2.05. The van der Waals surface area contributed by atoms with Gasteiger partial charge < -0.3 is 5.32 Å². The molecule has 96 valence electrons. The molecule has 1 aromatic carbocycles. The highest BCUT2D eigenvalue weighted by Gasteiger charge is 2.24. The molecule has 0 amide bonds. The van der Waals surface area contributed by atoms with Crippen LogP contribution >= 0.6 is 0 Å².